The summed E-state index contributed by atoms with van der Waals surface area (Å²) in [5, 5.41) is 250. The molecule has 0 aromatic heterocycles. The highest BCUT2D eigenvalue weighted by molar-refractivity contribution is 5.87. The van der Waals surface area contributed by atoms with Gasteiger partial charge in [-0.1, -0.05) is 19.8 Å². The molecule has 7 amide bonds. The number of hydrogen-bond donors (Lipinski definition) is 28. The standard InChI is InChI=1S/C47H83N5O23.C44H77N3O22/c1-26(56)27(6-4-5-13-48)50-31(57)7-2-3-8-33(59)51-15-11-47(12-16-51,22-32(58)49-14-19-70-44-41(67)38(64)35(61)28(23-53)73-44)10-9-34(60)52(17-20-71-45-42(68)39(65)36(62)29(24-54)74-45)18-21-72-46-43(69)40(66)37(63)30(25-55)75-46;1-2-25(51)7-5-3-4-6-8-30(53)46-14-11-44(12-15-46,21-29(52)45-13-18-64-41-38(61)35(58)32(55)26(22-48)67-41)10-9-31(54)47(16-19-65-42-39(62)36(59)33(56)27(23-49)68-42)17-20-66-43-40(63)37(60)34(57)28(24-50)69-43/h27-30,35-46,53-55,61-69H,2-25,48H2,1H3,(H,49,58)(H,50,57);26-28,32-43,48-50,55-63H,2-24H2,1H3,(H,45,52)/t27-,28+,29+,30+,35+,36+,37+,38-,39-,40-,41-,42-,43-,44-,45-,46-;26-,27-,28-,32-,33-,34-,35+,36+,37+,38+,39+,40+,41+,42+,43+/m01/s1. The monoisotopic (exact) mass is 2090 g/mol. The zero-order valence-corrected chi connectivity index (χ0v) is 81.8. The average molecular weight is 2090 g/mol. The van der Waals surface area contributed by atoms with Gasteiger partial charge in [0.05, 0.1) is 85.3 Å². The number of nitrogens with zero attached hydrogens (tertiary/aromatic N) is 4. The van der Waals surface area contributed by atoms with Crippen LogP contribution in [0.4, 0.5) is 0 Å². The van der Waals surface area contributed by atoms with Gasteiger partial charge in [-0.25, -0.2) is 0 Å². The Labute approximate surface area is 833 Å². The van der Waals surface area contributed by atoms with Crippen molar-refractivity contribution >= 4 is 52.9 Å². The van der Waals surface area contributed by atoms with Gasteiger partial charge >= 0.3 is 0 Å². The number of nitrogens with one attached hydrogen (secondary N) is 3. The molecule has 8 aliphatic heterocycles. The number of Topliss-reactive ketones (excluding diaryl/α,β-unsaturated/α-hetero) is 2. The van der Waals surface area contributed by atoms with Crippen LogP contribution in [0.3, 0.4) is 0 Å². The van der Waals surface area contributed by atoms with E-state index in [-0.39, 0.29) is 185 Å². The molecule has 0 aromatic rings. The van der Waals surface area contributed by atoms with E-state index in [1.165, 1.54) is 16.7 Å². The van der Waals surface area contributed by atoms with Crippen molar-refractivity contribution in [1.82, 2.24) is 35.6 Å². The SMILES string of the molecule is CC(=O)[C@H](CCCCN)NC(=O)CCCCC(=O)N1CCC(CCC(=O)N(CCO[C@H]2O[C@H](CO)[C@@H](O)[C@H](O)[C@@H]2O)CCO[C@H]2O[C@H](CO)[C@@H](O)[C@H](O)[C@@H]2O)(CC(=O)NCCO[C@H]2O[C@H](CO)[C@@H](O)[C@H](O)[C@@H]2O)CC1.CCC(=O)CCCCCCC(=O)N1CCC(CCC(=O)N(CCO[C@H]2O[C@H](CO)[C@@H](O)[C@H](O)[C@@H]2O)CCO[C@H]2O[C@H](CO)[C@@H](O)[C@H](O)[C@@H]2O)(CC(=O)NCCO[C@H]2O[C@H](CO)[C@@H](O)[C@H](O)[C@@H]2O)CC1. The molecular weight excluding hydrogens is 1930 g/mol. The van der Waals surface area contributed by atoms with Gasteiger partial charge in [-0.15, -0.1) is 0 Å². The van der Waals surface area contributed by atoms with Gasteiger partial charge in [0, 0.05) is 123 Å². The lowest BCUT2D eigenvalue weighted by Crippen LogP contribution is -2.59. The predicted octanol–water partition coefficient (Wildman–Crippen LogP) is -12.6. The molecule has 8 rings (SSSR count). The van der Waals surface area contributed by atoms with Crippen LogP contribution in [-0.4, -0.2) is 537 Å². The van der Waals surface area contributed by atoms with E-state index in [2.05, 4.69) is 16.0 Å². The van der Waals surface area contributed by atoms with Gasteiger partial charge in [0.1, 0.15) is 152 Å². The fourth-order valence-electron chi connectivity index (χ4n) is 18.3. The molecular formula is C91H160N8O45. The normalized spacial score (nSPS) is 33.0. The second-order valence-corrected chi connectivity index (χ2v) is 38.0. The maximum absolute atomic E-state index is 14.2. The van der Waals surface area contributed by atoms with Crippen molar-refractivity contribution in [3.05, 3.63) is 0 Å². The molecule has 31 atom stereocenters. The second-order valence-electron chi connectivity index (χ2n) is 38.0. The van der Waals surface area contributed by atoms with Crippen molar-refractivity contribution in [2.24, 2.45) is 16.6 Å². The smallest absolute Gasteiger partial charge is 0.222 e. The van der Waals surface area contributed by atoms with Crippen LogP contribution in [0.25, 0.3) is 0 Å². The molecule has 8 saturated heterocycles. The fraction of sp³-hybridized carbons (Fsp3) is 0.901. The van der Waals surface area contributed by atoms with E-state index in [1.807, 2.05) is 6.92 Å². The molecule has 0 aromatic carbocycles. The van der Waals surface area contributed by atoms with Gasteiger partial charge in [-0.2, -0.15) is 0 Å². The number of piperidine rings is 2. The Hall–Kier alpha value is -5.85. The molecule has 8 fully saturated rings. The van der Waals surface area contributed by atoms with Gasteiger partial charge in [-0.05, 0) is 108 Å². The van der Waals surface area contributed by atoms with Crippen LogP contribution in [0.1, 0.15) is 168 Å². The predicted molar refractivity (Wildman–Crippen MR) is 489 cm³/mol. The average Bonchev–Trinajstić information content (AvgIpc) is 0.544. The van der Waals surface area contributed by atoms with Gasteiger partial charge in [0.25, 0.3) is 0 Å². The molecule has 0 saturated carbocycles. The Morgan fingerprint density at radius 1 is 0.347 bits per heavy atom. The third kappa shape index (κ3) is 37.6. The van der Waals surface area contributed by atoms with Crippen molar-refractivity contribution in [3.8, 4) is 0 Å². The van der Waals surface area contributed by atoms with E-state index in [0.29, 0.717) is 83.8 Å². The summed E-state index contributed by atoms with van der Waals surface area (Å²) in [4.78, 5) is 125. The van der Waals surface area contributed by atoms with Crippen LogP contribution in [0.5, 0.6) is 0 Å². The maximum atomic E-state index is 14.2. The van der Waals surface area contributed by atoms with Crippen molar-refractivity contribution in [2.75, 3.05) is 151 Å². The van der Waals surface area contributed by atoms with Crippen LogP contribution in [0.15, 0.2) is 0 Å². The molecule has 0 spiro atoms. The summed E-state index contributed by atoms with van der Waals surface area (Å²) in [7, 11) is 0. The number of nitrogens with two attached hydrogens (primary N) is 1. The Balaban J connectivity index is 0.000000392. The van der Waals surface area contributed by atoms with Crippen LogP contribution >= 0.6 is 0 Å². The Bertz CT molecular complexity index is 3680. The summed E-state index contributed by atoms with van der Waals surface area (Å²) in [6.45, 7) is -2.02. The first-order valence-electron chi connectivity index (χ1n) is 49.8. The van der Waals surface area contributed by atoms with E-state index in [0.717, 1.165) is 25.7 Å². The first-order valence-corrected chi connectivity index (χ1v) is 49.8. The molecule has 29 N–H and O–H groups in total. The molecule has 53 nitrogen and oxygen atoms in total. The van der Waals surface area contributed by atoms with Gasteiger partial charge in [0.15, 0.2) is 43.5 Å². The van der Waals surface area contributed by atoms with E-state index in [9.17, 15) is 166 Å². The fourth-order valence-corrected chi connectivity index (χ4v) is 18.3. The number of aliphatic hydroxyl groups excluding tert-OH is 24. The van der Waals surface area contributed by atoms with Crippen LogP contribution in [0.2, 0.25) is 0 Å². The molecule has 0 radical (unpaired) electrons. The number of hydrogen-bond acceptors (Lipinski definition) is 46. The molecule has 8 aliphatic rings. The number of carbonyl (C=O) groups excluding carboxylic acids is 9. The molecule has 0 bridgehead atoms. The number of carbonyl (C=O) groups is 9. The lowest BCUT2D eigenvalue weighted by atomic mass is 9.72. The maximum Gasteiger partial charge on any atom is 0.222 e. The largest absolute Gasteiger partial charge is 0.394 e. The number of aliphatic hydroxyl groups is 24. The van der Waals surface area contributed by atoms with Crippen LogP contribution in [-0.2, 0) is 100.0 Å². The second kappa shape index (κ2) is 63.5. The van der Waals surface area contributed by atoms with E-state index < -0.39 is 264 Å². The zero-order chi connectivity index (χ0) is 106. The summed E-state index contributed by atoms with van der Waals surface area (Å²) < 4.78 is 66.1. The van der Waals surface area contributed by atoms with Gasteiger partial charge in [-0.3, -0.25) is 43.2 Å². The molecule has 0 unspecified atom stereocenters. The summed E-state index contributed by atoms with van der Waals surface area (Å²) in [5.41, 5.74) is 3.88. The minimum Gasteiger partial charge on any atom is -0.394 e. The number of rotatable bonds is 59. The highest BCUT2D eigenvalue weighted by Gasteiger charge is 2.52. The lowest BCUT2D eigenvalue weighted by molar-refractivity contribution is -0.303. The van der Waals surface area contributed by atoms with Gasteiger partial charge < -0.3 is 221 Å². The van der Waals surface area contributed by atoms with E-state index in [4.69, 9.17) is 62.6 Å². The number of ether oxygens (including phenoxy) is 12. The lowest BCUT2D eigenvalue weighted by Gasteiger charge is -2.42. The number of unbranched alkanes of at least 4 members (excludes halogenated alkanes) is 5. The summed E-state index contributed by atoms with van der Waals surface area (Å²) >= 11 is 0. The Morgan fingerprint density at radius 3 is 0.889 bits per heavy atom. The van der Waals surface area contributed by atoms with Crippen molar-refractivity contribution in [1.29, 1.82) is 0 Å². The van der Waals surface area contributed by atoms with Crippen molar-refractivity contribution in [2.45, 2.75) is 358 Å². The minimum atomic E-state index is -1.74. The Kier molecular flexibility index (Phi) is 55.1. The number of likely N-dealkylation sites (tertiary alicyclic amines) is 2. The quantitative estimate of drug-likeness (QED) is 0.0251. The highest BCUT2D eigenvalue weighted by Crippen LogP contribution is 2.43. The zero-order valence-electron chi connectivity index (χ0n) is 81.8. The summed E-state index contributed by atoms with van der Waals surface area (Å²) in [6.07, 6.45) is -38.2. The minimum absolute atomic E-state index is 0.0518. The Morgan fingerprint density at radius 2 is 0.618 bits per heavy atom. The first kappa shape index (κ1) is 125. The van der Waals surface area contributed by atoms with Crippen LogP contribution < -0.4 is 21.7 Å². The molecule has 53 heteroatoms. The molecule has 144 heavy (non-hydrogen) atoms. The third-order valence-electron chi connectivity index (χ3n) is 27.8. The van der Waals surface area contributed by atoms with E-state index in [1.54, 1.807) is 9.80 Å². The summed E-state index contributed by atoms with van der Waals surface area (Å²) in [6, 6.07) is -0.609. The molecule has 8 heterocycles. The first-order chi connectivity index (χ1) is 68.6. The van der Waals surface area contributed by atoms with Crippen LogP contribution in [0, 0.1) is 10.8 Å². The number of amides is 7. The van der Waals surface area contributed by atoms with Crippen molar-refractivity contribution in [3.63, 3.8) is 0 Å². The summed E-state index contributed by atoms with van der Waals surface area (Å²) in [5.74, 6) is -2.31. The van der Waals surface area contributed by atoms with Gasteiger partial charge in [0.2, 0.25) is 41.4 Å². The topological polar surface area (TPSA) is 825 Å². The number of ketones is 2. The van der Waals surface area contributed by atoms with E-state index >= 15 is 0 Å². The van der Waals surface area contributed by atoms with Crippen molar-refractivity contribution < 1.29 is 223 Å². The molecule has 834 valence electrons. The third-order valence-corrected chi connectivity index (χ3v) is 27.8. The highest BCUT2D eigenvalue weighted by atomic mass is 16.7. The molecule has 0 aliphatic carbocycles.